The van der Waals surface area contributed by atoms with Gasteiger partial charge in [-0.15, -0.1) is 0 Å². The van der Waals surface area contributed by atoms with E-state index in [-0.39, 0.29) is 0 Å². The predicted octanol–water partition coefficient (Wildman–Crippen LogP) is 2.21. The van der Waals surface area contributed by atoms with Crippen LogP contribution in [-0.2, 0) is 7.05 Å². The highest BCUT2D eigenvalue weighted by molar-refractivity contribution is 5.41. The summed E-state index contributed by atoms with van der Waals surface area (Å²) in [5.74, 6) is 2.40. The Kier molecular flexibility index (Phi) is 3.42. The third kappa shape index (κ3) is 2.66. The van der Waals surface area contributed by atoms with Gasteiger partial charge in [0.2, 0.25) is 0 Å². The second kappa shape index (κ2) is 5.23. The van der Waals surface area contributed by atoms with Crippen LogP contribution < -0.4 is 4.90 Å². The Morgan fingerprint density at radius 3 is 2.80 bits per heavy atom. The van der Waals surface area contributed by atoms with Gasteiger partial charge in [0.25, 0.3) is 0 Å². The number of hydrogen-bond acceptors (Lipinski definition) is 4. The number of aromatic nitrogens is 4. The van der Waals surface area contributed by atoms with E-state index in [4.69, 9.17) is 0 Å². The zero-order valence-corrected chi connectivity index (χ0v) is 12.4. The highest BCUT2D eigenvalue weighted by Gasteiger charge is 2.24. The molecule has 1 fully saturated rings. The molecule has 1 unspecified atom stereocenters. The normalized spacial score (nSPS) is 19.4. The van der Waals surface area contributed by atoms with Crippen LogP contribution in [0.5, 0.6) is 0 Å². The van der Waals surface area contributed by atoms with E-state index in [0.717, 1.165) is 30.4 Å². The van der Waals surface area contributed by atoms with E-state index >= 15 is 0 Å². The van der Waals surface area contributed by atoms with Crippen molar-refractivity contribution in [2.45, 2.75) is 32.6 Å². The van der Waals surface area contributed by atoms with Crippen molar-refractivity contribution in [1.29, 1.82) is 0 Å². The number of hydrogen-bond donors (Lipinski definition) is 0. The highest BCUT2D eigenvalue weighted by atomic mass is 15.3. The molecule has 0 N–H and O–H groups in total. The van der Waals surface area contributed by atoms with Gasteiger partial charge in [-0.1, -0.05) is 0 Å². The number of piperidine rings is 1. The number of nitrogens with zero attached hydrogens (tertiary/aromatic N) is 5. The number of anilines is 1. The van der Waals surface area contributed by atoms with E-state index in [9.17, 15) is 0 Å². The molecule has 1 saturated heterocycles. The molecule has 3 heterocycles. The van der Waals surface area contributed by atoms with Gasteiger partial charge >= 0.3 is 0 Å². The van der Waals surface area contributed by atoms with E-state index in [1.165, 1.54) is 18.5 Å². The Labute approximate surface area is 119 Å². The van der Waals surface area contributed by atoms with Crippen LogP contribution in [0.1, 0.15) is 36.0 Å². The Balaban J connectivity index is 1.81. The number of rotatable bonds is 2. The van der Waals surface area contributed by atoms with Crippen molar-refractivity contribution in [2.24, 2.45) is 7.05 Å². The third-order valence-electron chi connectivity index (χ3n) is 3.85. The lowest BCUT2D eigenvalue weighted by molar-refractivity contribution is 0.493. The summed E-state index contributed by atoms with van der Waals surface area (Å²) in [6.07, 6.45) is 4.41. The Morgan fingerprint density at radius 1 is 1.25 bits per heavy atom. The smallest absolute Gasteiger partial charge is 0.132 e. The molecule has 0 aromatic carbocycles. The summed E-state index contributed by atoms with van der Waals surface area (Å²) in [6.45, 7) is 6.04. The van der Waals surface area contributed by atoms with Crippen LogP contribution in [0.15, 0.2) is 18.3 Å². The van der Waals surface area contributed by atoms with E-state index in [2.05, 4.69) is 32.1 Å². The van der Waals surface area contributed by atoms with Gasteiger partial charge in [0.05, 0.1) is 5.69 Å². The van der Waals surface area contributed by atoms with Crippen molar-refractivity contribution < 1.29 is 0 Å². The number of aryl methyl sites for hydroxylation is 3. The average Bonchev–Trinajstić information content (AvgIpc) is 2.85. The lowest BCUT2D eigenvalue weighted by Gasteiger charge is -2.33. The Bertz CT molecular complexity index is 584. The van der Waals surface area contributed by atoms with Crippen LogP contribution in [0, 0.1) is 13.8 Å². The molecule has 5 heteroatoms. The third-order valence-corrected chi connectivity index (χ3v) is 3.85. The van der Waals surface area contributed by atoms with Gasteiger partial charge in [0.1, 0.15) is 11.6 Å². The zero-order valence-electron chi connectivity index (χ0n) is 12.4. The molecule has 3 rings (SSSR count). The van der Waals surface area contributed by atoms with Crippen LogP contribution >= 0.6 is 0 Å². The maximum atomic E-state index is 4.58. The fourth-order valence-corrected chi connectivity index (χ4v) is 2.94. The maximum absolute atomic E-state index is 4.58. The summed E-state index contributed by atoms with van der Waals surface area (Å²) in [5, 5.41) is 4.55. The minimum absolute atomic E-state index is 0.500. The minimum Gasteiger partial charge on any atom is -0.356 e. The Morgan fingerprint density at radius 2 is 2.10 bits per heavy atom. The molecule has 20 heavy (non-hydrogen) atoms. The predicted molar refractivity (Wildman–Crippen MR) is 78.9 cm³/mol. The molecular weight excluding hydrogens is 250 g/mol. The Hall–Kier alpha value is -1.91. The van der Waals surface area contributed by atoms with Crippen molar-refractivity contribution in [3.05, 3.63) is 35.5 Å². The highest BCUT2D eigenvalue weighted by Crippen LogP contribution is 2.28. The molecule has 1 aliphatic heterocycles. The first-order valence-corrected chi connectivity index (χ1v) is 7.18. The van der Waals surface area contributed by atoms with Gasteiger partial charge in [0, 0.05) is 44.0 Å². The molecular formula is C15H21N5. The monoisotopic (exact) mass is 271 g/mol. The molecule has 1 atom stereocenters. The fraction of sp³-hybridized carbons (Fsp3) is 0.533. The molecule has 0 spiro atoms. The second-order valence-corrected chi connectivity index (χ2v) is 5.61. The standard InChI is InChI=1S/C15H21N5/c1-11-9-15(17-12(2)16-11)20-7-4-5-13(10-20)14-6-8-19(3)18-14/h6,8-9,13H,4-5,7,10H2,1-3H3. The van der Waals surface area contributed by atoms with Gasteiger partial charge in [0.15, 0.2) is 0 Å². The molecule has 2 aromatic heterocycles. The molecule has 106 valence electrons. The van der Waals surface area contributed by atoms with Crippen molar-refractivity contribution in [3.8, 4) is 0 Å². The molecule has 5 nitrogen and oxygen atoms in total. The van der Waals surface area contributed by atoms with Crippen LogP contribution in [0.4, 0.5) is 5.82 Å². The zero-order chi connectivity index (χ0) is 14.1. The SMILES string of the molecule is Cc1cc(N2CCCC(c3ccn(C)n3)C2)nc(C)n1. The van der Waals surface area contributed by atoms with Gasteiger partial charge in [-0.05, 0) is 32.8 Å². The van der Waals surface area contributed by atoms with E-state index < -0.39 is 0 Å². The van der Waals surface area contributed by atoms with Crippen molar-refractivity contribution in [2.75, 3.05) is 18.0 Å². The quantitative estimate of drug-likeness (QED) is 0.840. The van der Waals surface area contributed by atoms with Crippen LogP contribution in [0.3, 0.4) is 0 Å². The summed E-state index contributed by atoms with van der Waals surface area (Å²) >= 11 is 0. The largest absolute Gasteiger partial charge is 0.356 e. The lowest BCUT2D eigenvalue weighted by Crippen LogP contribution is -2.35. The van der Waals surface area contributed by atoms with Crippen molar-refractivity contribution >= 4 is 5.82 Å². The molecule has 0 bridgehead atoms. The molecule has 0 radical (unpaired) electrons. The molecule has 0 aliphatic carbocycles. The van der Waals surface area contributed by atoms with Gasteiger partial charge in [-0.2, -0.15) is 5.10 Å². The topological polar surface area (TPSA) is 46.8 Å². The van der Waals surface area contributed by atoms with E-state index in [1.54, 1.807) is 0 Å². The summed E-state index contributed by atoms with van der Waals surface area (Å²) in [7, 11) is 1.97. The van der Waals surface area contributed by atoms with Crippen LogP contribution in [-0.4, -0.2) is 32.8 Å². The first kappa shape index (κ1) is 13.1. The summed E-state index contributed by atoms with van der Waals surface area (Å²) in [6, 6.07) is 4.21. The van der Waals surface area contributed by atoms with E-state index in [0.29, 0.717) is 5.92 Å². The lowest BCUT2D eigenvalue weighted by atomic mass is 9.95. The van der Waals surface area contributed by atoms with Gasteiger partial charge in [-0.25, -0.2) is 9.97 Å². The molecule has 0 saturated carbocycles. The molecule has 0 amide bonds. The van der Waals surface area contributed by atoms with Gasteiger partial charge in [-0.3, -0.25) is 4.68 Å². The van der Waals surface area contributed by atoms with Gasteiger partial charge < -0.3 is 4.90 Å². The first-order valence-electron chi connectivity index (χ1n) is 7.18. The summed E-state index contributed by atoms with van der Waals surface area (Å²) in [4.78, 5) is 11.3. The van der Waals surface area contributed by atoms with Crippen molar-refractivity contribution in [3.63, 3.8) is 0 Å². The van der Waals surface area contributed by atoms with Crippen LogP contribution in [0.2, 0.25) is 0 Å². The first-order chi connectivity index (χ1) is 9.61. The maximum Gasteiger partial charge on any atom is 0.132 e. The molecule has 1 aliphatic rings. The van der Waals surface area contributed by atoms with Crippen LogP contribution in [0.25, 0.3) is 0 Å². The minimum atomic E-state index is 0.500. The summed E-state index contributed by atoms with van der Waals surface area (Å²) < 4.78 is 1.88. The average molecular weight is 271 g/mol. The summed E-state index contributed by atoms with van der Waals surface area (Å²) in [5.41, 5.74) is 2.23. The van der Waals surface area contributed by atoms with Crippen molar-refractivity contribution in [1.82, 2.24) is 19.7 Å². The fourth-order valence-electron chi connectivity index (χ4n) is 2.94. The molecule has 2 aromatic rings. The van der Waals surface area contributed by atoms with E-state index in [1.807, 2.05) is 31.8 Å². The second-order valence-electron chi connectivity index (χ2n) is 5.61.